The summed E-state index contributed by atoms with van der Waals surface area (Å²) in [5, 5.41) is 4.24. The first-order valence-corrected chi connectivity index (χ1v) is 11.3. The van der Waals surface area contributed by atoms with Crippen LogP contribution in [-0.2, 0) is 16.0 Å². The van der Waals surface area contributed by atoms with Crippen molar-refractivity contribution in [2.75, 3.05) is 19.0 Å². The summed E-state index contributed by atoms with van der Waals surface area (Å²) in [5.41, 5.74) is 5.58. The van der Waals surface area contributed by atoms with E-state index in [1.807, 2.05) is 83.3 Å². The minimum absolute atomic E-state index is 0.136. The smallest absolute Gasteiger partial charge is 0.310 e. The van der Waals surface area contributed by atoms with Crippen molar-refractivity contribution >= 4 is 33.8 Å². The van der Waals surface area contributed by atoms with Gasteiger partial charge in [-0.2, -0.15) is 0 Å². The molecule has 0 unspecified atom stereocenters. The molecule has 178 valence electrons. The van der Waals surface area contributed by atoms with Gasteiger partial charge in [0.25, 0.3) is 0 Å². The fraction of sp³-hybridized carbons (Fsp3) is 0.276. The van der Waals surface area contributed by atoms with Gasteiger partial charge < -0.3 is 19.2 Å². The number of fused-ring (bicyclic) bond motifs is 1. The summed E-state index contributed by atoms with van der Waals surface area (Å²) in [6.07, 6.45) is 5.63. The molecule has 5 nitrogen and oxygen atoms in total. The van der Waals surface area contributed by atoms with Crippen molar-refractivity contribution < 1.29 is 18.7 Å². The van der Waals surface area contributed by atoms with E-state index in [9.17, 15) is 4.79 Å². The molecule has 1 aromatic heterocycles. The molecule has 0 spiro atoms. The standard InChI is InChI=1S/C29H33NO4/c1-8-20(9-2)24-17-23(27(30-7)22-14-15-32-28(22)24)19(3)18-33-25-13-11-10-12-21(25)16-26(31)34-29(4,5)6/h8-15,17,30H,1,3,16,18H2,2,4-7H3/b20-9+. The number of rotatable bonds is 9. The minimum atomic E-state index is -0.536. The Balaban J connectivity index is 1.88. The number of para-hydroxylation sites is 1. The summed E-state index contributed by atoms with van der Waals surface area (Å²) in [5.74, 6) is 0.337. The van der Waals surface area contributed by atoms with Crippen LogP contribution in [0.1, 0.15) is 44.4 Å². The molecular weight excluding hydrogens is 426 g/mol. The zero-order chi connectivity index (χ0) is 24.9. The normalized spacial score (nSPS) is 11.9. The lowest BCUT2D eigenvalue weighted by Gasteiger charge is -2.20. The molecule has 0 fully saturated rings. The molecule has 0 aliphatic heterocycles. The van der Waals surface area contributed by atoms with Crippen molar-refractivity contribution in [3.8, 4) is 5.75 Å². The average Bonchev–Trinajstić information content (AvgIpc) is 3.27. The molecule has 0 radical (unpaired) electrons. The first-order chi connectivity index (χ1) is 16.2. The summed E-state index contributed by atoms with van der Waals surface area (Å²) in [6, 6.07) is 11.5. The van der Waals surface area contributed by atoms with Gasteiger partial charge in [0, 0.05) is 29.1 Å². The van der Waals surface area contributed by atoms with E-state index in [2.05, 4.69) is 18.5 Å². The Morgan fingerprint density at radius 3 is 2.56 bits per heavy atom. The van der Waals surface area contributed by atoms with Crippen LogP contribution in [0.2, 0.25) is 0 Å². The minimum Gasteiger partial charge on any atom is -0.489 e. The Kier molecular flexibility index (Phi) is 7.67. The van der Waals surface area contributed by atoms with Gasteiger partial charge in [-0.15, -0.1) is 0 Å². The second-order valence-corrected chi connectivity index (χ2v) is 8.97. The van der Waals surface area contributed by atoms with Crippen LogP contribution < -0.4 is 10.1 Å². The Morgan fingerprint density at radius 2 is 1.91 bits per heavy atom. The molecule has 0 aliphatic carbocycles. The first kappa shape index (κ1) is 24.9. The Morgan fingerprint density at radius 1 is 1.18 bits per heavy atom. The zero-order valence-electron chi connectivity index (χ0n) is 20.7. The van der Waals surface area contributed by atoms with E-state index >= 15 is 0 Å². The molecule has 0 aliphatic rings. The number of nitrogens with one attached hydrogen (secondary N) is 1. The van der Waals surface area contributed by atoms with Gasteiger partial charge in [-0.1, -0.05) is 43.5 Å². The maximum Gasteiger partial charge on any atom is 0.310 e. The molecule has 34 heavy (non-hydrogen) atoms. The van der Waals surface area contributed by atoms with Crippen LogP contribution in [-0.4, -0.2) is 25.2 Å². The fourth-order valence-corrected chi connectivity index (χ4v) is 3.85. The monoisotopic (exact) mass is 459 g/mol. The van der Waals surface area contributed by atoms with E-state index in [0.29, 0.717) is 5.75 Å². The molecule has 0 amide bonds. The van der Waals surface area contributed by atoms with Gasteiger partial charge in [-0.25, -0.2) is 0 Å². The maximum absolute atomic E-state index is 12.4. The molecule has 2 aromatic carbocycles. The third-order valence-corrected chi connectivity index (χ3v) is 5.34. The highest BCUT2D eigenvalue weighted by atomic mass is 16.6. The van der Waals surface area contributed by atoms with Gasteiger partial charge in [0.1, 0.15) is 23.5 Å². The number of hydrogen-bond donors (Lipinski definition) is 1. The number of ether oxygens (including phenoxy) is 2. The summed E-state index contributed by atoms with van der Waals surface area (Å²) in [7, 11) is 1.87. The number of furan rings is 1. The fourth-order valence-electron chi connectivity index (χ4n) is 3.85. The summed E-state index contributed by atoms with van der Waals surface area (Å²) >= 11 is 0. The van der Waals surface area contributed by atoms with Crippen LogP contribution in [0.5, 0.6) is 5.75 Å². The second kappa shape index (κ2) is 10.5. The molecule has 3 rings (SSSR count). The molecule has 1 heterocycles. The van der Waals surface area contributed by atoms with Crippen LogP contribution >= 0.6 is 0 Å². The second-order valence-electron chi connectivity index (χ2n) is 8.97. The molecular formula is C29H33NO4. The third-order valence-electron chi connectivity index (χ3n) is 5.34. The van der Waals surface area contributed by atoms with E-state index in [0.717, 1.165) is 44.5 Å². The average molecular weight is 460 g/mol. The summed E-state index contributed by atoms with van der Waals surface area (Å²) < 4.78 is 17.4. The van der Waals surface area contributed by atoms with Gasteiger partial charge >= 0.3 is 5.97 Å². The highest BCUT2D eigenvalue weighted by molar-refractivity contribution is 6.03. The van der Waals surface area contributed by atoms with Crippen molar-refractivity contribution in [3.05, 3.63) is 84.7 Å². The van der Waals surface area contributed by atoms with Gasteiger partial charge in [-0.05, 0) is 57.0 Å². The summed E-state index contributed by atoms with van der Waals surface area (Å²) in [4.78, 5) is 12.4. The van der Waals surface area contributed by atoms with Gasteiger partial charge in [0.15, 0.2) is 0 Å². The van der Waals surface area contributed by atoms with Gasteiger partial charge in [-0.3, -0.25) is 4.79 Å². The molecule has 1 N–H and O–H groups in total. The van der Waals surface area contributed by atoms with Gasteiger partial charge in [0.05, 0.1) is 18.4 Å². The van der Waals surface area contributed by atoms with Crippen LogP contribution in [0.25, 0.3) is 22.1 Å². The quantitative estimate of drug-likeness (QED) is 0.275. The van der Waals surface area contributed by atoms with Crippen molar-refractivity contribution in [2.45, 2.75) is 39.7 Å². The number of carbonyl (C=O) groups is 1. The zero-order valence-corrected chi connectivity index (χ0v) is 20.7. The number of carbonyl (C=O) groups excluding carboxylic acids is 1. The van der Waals surface area contributed by atoms with Crippen LogP contribution in [0, 0.1) is 0 Å². The number of hydrogen-bond acceptors (Lipinski definition) is 5. The third kappa shape index (κ3) is 5.60. The van der Waals surface area contributed by atoms with Crippen LogP contribution in [0.3, 0.4) is 0 Å². The maximum atomic E-state index is 12.4. The first-order valence-electron chi connectivity index (χ1n) is 11.3. The predicted octanol–water partition coefficient (Wildman–Crippen LogP) is 7.04. The summed E-state index contributed by atoms with van der Waals surface area (Å²) in [6.45, 7) is 16.0. The molecule has 5 heteroatoms. The van der Waals surface area contributed by atoms with Crippen molar-refractivity contribution in [1.82, 2.24) is 0 Å². The van der Waals surface area contributed by atoms with E-state index in [1.54, 1.807) is 6.26 Å². The lowest BCUT2D eigenvalue weighted by Crippen LogP contribution is -2.25. The SMILES string of the molecule is C=C/C(=C\C)c1cc(C(=C)COc2ccccc2CC(=O)OC(C)(C)C)c(NC)c2ccoc12. The topological polar surface area (TPSA) is 60.7 Å². The van der Waals surface area contributed by atoms with E-state index in [4.69, 9.17) is 13.9 Å². The Hall–Kier alpha value is -3.73. The largest absolute Gasteiger partial charge is 0.489 e. The lowest BCUT2D eigenvalue weighted by atomic mass is 9.95. The number of benzene rings is 2. The molecule has 0 saturated heterocycles. The van der Waals surface area contributed by atoms with E-state index in [1.165, 1.54) is 0 Å². The van der Waals surface area contributed by atoms with Crippen molar-refractivity contribution in [1.29, 1.82) is 0 Å². The van der Waals surface area contributed by atoms with Crippen LogP contribution in [0.15, 0.2) is 72.4 Å². The number of esters is 1. The number of anilines is 1. The van der Waals surface area contributed by atoms with Gasteiger partial charge in [0.2, 0.25) is 0 Å². The Bertz CT molecular complexity index is 1240. The van der Waals surface area contributed by atoms with E-state index in [-0.39, 0.29) is 19.0 Å². The highest BCUT2D eigenvalue weighted by Crippen LogP contribution is 2.38. The lowest BCUT2D eigenvalue weighted by molar-refractivity contribution is -0.153. The highest BCUT2D eigenvalue weighted by Gasteiger charge is 2.20. The van der Waals surface area contributed by atoms with Crippen LogP contribution in [0.4, 0.5) is 5.69 Å². The molecule has 3 aromatic rings. The molecule has 0 saturated carbocycles. The molecule has 0 bridgehead atoms. The van der Waals surface area contributed by atoms with Crippen molar-refractivity contribution in [2.24, 2.45) is 0 Å². The predicted molar refractivity (Wildman–Crippen MR) is 140 cm³/mol. The number of allylic oxidation sites excluding steroid dienone is 3. The Labute approximate surface area is 201 Å². The van der Waals surface area contributed by atoms with Crippen molar-refractivity contribution in [3.63, 3.8) is 0 Å². The van der Waals surface area contributed by atoms with E-state index < -0.39 is 5.60 Å². The molecule has 0 atom stereocenters.